The summed E-state index contributed by atoms with van der Waals surface area (Å²) in [6.07, 6.45) is 5.51. The van der Waals surface area contributed by atoms with E-state index < -0.39 is 0 Å². The Morgan fingerprint density at radius 2 is 1.96 bits per heavy atom. The van der Waals surface area contributed by atoms with Gasteiger partial charge in [-0.3, -0.25) is 0 Å². The monoisotopic (exact) mass is 311 g/mol. The molecule has 1 saturated carbocycles. The van der Waals surface area contributed by atoms with Crippen LogP contribution in [-0.4, -0.2) is 22.6 Å². The Balaban J connectivity index is 1.59. The van der Waals surface area contributed by atoms with Gasteiger partial charge in [-0.1, -0.05) is 18.9 Å². The summed E-state index contributed by atoms with van der Waals surface area (Å²) < 4.78 is 0. The van der Waals surface area contributed by atoms with Crippen molar-refractivity contribution >= 4 is 17.5 Å². The van der Waals surface area contributed by atoms with Crippen molar-refractivity contribution in [3.63, 3.8) is 0 Å². The van der Waals surface area contributed by atoms with Crippen LogP contribution in [0.25, 0.3) is 0 Å². The average Bonchev–Trinajstić information content (AvgIpc) is 3.28. The van der Waals surface area contributed by atoms with E-state index in [2.05, 4.69) is 52.6 Å². The van der Waals surface area contributed by atoms with Gasteiger partial charge in [0, 0.05) is 24.5 Å². The summed E-state index contributed by atoms with van der Waals surface area (Å²) in [4.78, 5) is 8.77. The number of hydrogen-bond acceptors (Lipinski definition) is 5. The number of hydrogen-bond donors (Lipinski definition) is 3. The molecule has 0 amide bonds. The molecular weight excluding hydrogens is 286 g/mol. The highest BCUT2D eigenvalue weighted by atomic mass is 15.1. The van der Waals surface area contributed by atoms with E-state index in [1.807, 2.05) is 6.07 Å². The lowest BCUT2D eigenvalue weighted by atomic mass is 10.1. The molecule has 1 aromatic heterocycles. The number of aryl methyl sites for hydroxylation is 2. The molecule has 1 fully saturated rings. The molecule has 1 aliphatic carbocycles. The van der Waals surface area contributed by atoms with Crippen LogP contribution in [0.3, 0.4) is 0 Å². The fourth-order valence-electron chi connectivity index (χ4n) is 2.80. The molecule has 3 rings (SSSR count). The molecule has 2 aromatic rings. The van der Waals surface area contributed by atoms with Crippen molar-refractivity contribution in [2.75, 3.05) is 17.2 Å². The summed E-state index contributed by atoms with van der Waals surface area (Å²) in [5, 5.41) is 6.57. The molecular formula is C18H25N5. The first-order valence-electron chi connectivity index (χ1n) is 8.26. The molecule has 0 saturated heterocycles. The summed E-state index contributed by atoms with van der Waals surface area (Å²) in [5.74, 6) is 2.24. The second-order valence-corrected chi connectivity index (χ2v) is 6.59. The van der Waals surface area contributed by atoms with Gasteiger partial charge < -0.3 is 16.4 Å². The Morgan fingerprint density at radius 3 is 2.65 bits per heavy atom. The summed E-state index contributed by atoms with van der Waals surface area (Å²) >= 11 is 0. The Morgan fingerprint density at radius 1 is 1.22 bits per heavy atom. The van der Waals surface area contributed by atoms with E-state index in [0.717, 1.165) is 23.8 Å². The third-order valence-corrected chi connectivity index (χ3v) is 4.01. The molecule has 122 valence electrons. The number of nitrogens with two attached hydrogens (primary N) is 1. The molecule has 0 aliphatic heterocycles. The average molecular weight is 311 g/mol. The van der Waals surface area contributed by atoms with Gasteiger partial charge in [0.25, 0.3) is 0 Å². The van der Waals surface area contributed by atoms with Crippen molar-refractivity contribution in [1.82, 2.24) is 9.97 Å². The number of aromatic nitrogens is 2. The molecule has 5 nitrogen and oxygen atoms in total. The first-order chi connectivity index (χ1) is 11.1. The maximum atomic E-state index is 6.12. The van der Waals surface area contributed by atoms with Crippen LogP contribution in [0.4, 0.5) is 17.5 Å². The summed E-state index contributed by atoms with van der Waals surface area (Å²) in [7, 11) is 0. The van der Waals surface area contributed by atoms with E-state index in [-0.39, 0.29) is 6.04 Å². The molecule has 0 bridgehead atoms. The van der Waals surface area contributed by atoms with Crippen LogP contribution in [0.1, 0.15) is 30.4 Å². The van der Waals surface area contributed by atoms with Crippen LogP contribution < -0.4 is 16.4 Å². The lowest BCUT2D eigenvalue weighted by Crippen LogP contribution is -2.30. The quantitative estimate of drug-likeness (QED) is 0.731. The van der Waals surface area contributed by atoms with Crippen LogP contribution >= 0.6 is 0 Å². The van der Waals surface area contributed by atoms with E-state index in [1.54, 1.807) is 6.20 Å². The Kier molecular flexibility index (Phi) is 4.76. The summed E-state index contributed by atoms with van der Waals surface area (Å²) in [6.45, 7) is 4.89. The van der Waals surface area contributed by atoms with Gasteiger partial charge in [0.2, 0.25) is 5.95 Å². The van der Waals surface area contributed by atoms with Crippen molar-refractivity contribution in [1.29, 1.82) is 0 Å². The lowest BCUT2D eigenvalue weighted by Gasteiger charge is -2.13. The SMILES string of the molecule is Cc1cc(C)cc(Nc2ccnc(NC[C@@H](N)CC3CC3)n2)c1. The topological polar surface area (TPSA) is 75.9 Å². The van der Waals surface area contributed by atoms with E-state index in [9.17, 15) is 0 Å². The van der Waals surface area contributed by atoms with E-state index in [4.69, 9.17) is 5.73 Å². The van der Waals surface area contributed by atoms with Crippen LogP contribution in [0.15, 0.2) is 30.5 Å². The largest absolute Gasteiger partial charge is 0.353 e. The predicted molar refractivity (Wildman–Crippen MR) is 95.0 cm³/mol. The number of anilines is 3. The maximum Gasteiger partial charge on any atom is 0.224 e. The van der Waals surface area contributed by atoms with Crippen molar-refractivity contribution in [3.8, 4) is 0 Å². The van der Waals surface area contributed by atoms with Gasteiger partial charge in [-0.25, -0.2) is 4.98 Å². The fraction of sp³-hybridized carbons (Fsp3) is 0.444. The molecule has 0 spiro atoms. The van der Waals surface area contributed by atoms with Gasteiger partial charge in [-0.2, -0.15) is 4.98 Å². The Hall–Kier alpha value is -2.14. The minimum Gasteiger partial charge on any atom is -0.353 e. The molecule has 0 radical (unpaired) electrons. The Labute approximate surface area is 137 Å². The van der Waals surface area contributed by atoms with Crippen molar-refractivity contribution in [2.45, 2.75) is 39.2 Å². The van der Waals surface area contributed by atoms with E-state index in [1.165, 1.54) is 24.0 Å². The van der Waals surface area contributed by atoms with Crippen molar-refractivity contribution < 1.29 is 0 Å². The summed E-state index contributed by atoms with van der Waals surface area (Å²) in [5.41, 5.74) is 9.62. The minimum atomic E-state index is 0.169. The zero-order valence-electron chi connectivity index (χ0n) is 13.8. The number of rotatable bonds is 7. The molecule has 4 N–H and O–H groups in total. The van der Waals surface area contributed by atoms with Crippen molar-refractivity contribution in [3.05, 3.63) is 41.6 Å². The number of nitrogens with one attached hydrogen (secondary N) is 2. The highest BCUT2D eigenvalue weighted by molar-refractivity contribution is 5.58. The second kappa shape index (κ2) is 6.96. The van der Waals surface area contributed by atoms with Gasteiger partial charge in [0.1, 0.15) is 5.82 Å². The number of benzene rings is 1. The minimum absolute atomic E-state index is 0.169. The third kappa shape index (κ3) is 4.93. The first-order valence-corrected chi connectivity index (χ1v) is 8.26. The van der Waals surface area contributed by atoms with Gasteiger partial charge in [-0.05, 0) is 55.5 Å². The molecule has 0 unspecified atom stereocenters. The van der Waals surface area contributed by atoms with Crippen LogP contribution in [-0.2, 0) is 0 Å². The zero-order valence-corrected chi connectivity index (χ0v) is 13.8. The first kappa shape index (κ1) is 15.7. The molecule has 1 aromatic carbocycles. The number of nitrogens with zero attached hydrogens (tertiary/aromatic N) is 2. The molecule has 1 heterocycles. The van der Waals surface area contributed by atoms with E-state index >= 15 is 0 Å². The van der Waals surface area contributed by atoms with Gasteiger partial charge in [0.15, 0.2) is 0 Å². The lowest BCUT2D eigenvalue weighted by molar-refractivity contribution is 0.588. The highest BCUT2D eigenvalue weighted by Crippen LogP contribution is 2.33. The Bertz CT molecular complexity index is 646. The molecule has 23 heavy (non-hydrogen) atoms. The molecule has 1 atom stereocenters. The standard InChI is InChI=1S/C18H25N5/c1-12-7-13(2)9-16(8-12)22-17-5-6-20-18(23-17)21-11-15(19)10-14-3-4-14/h5-9,14-15H,3-4,10-11,19H2,1-2H3,(H2,20,21,22,23)/t15-/m0/s1. The van der Waals surface area contributed by atoms with Crippen LogP contribution in [0, 0.1) is 19.8 Å². The fourth-order valence-corrected chi connectivity index (χ4v) is 2.80. The van der Waals surface area contributed by atoms with Crippen LogP contribution in [0.5, 0.6) is 0 Å². The van der Waals surface area contributed by atoms with Crippen molar-refractivity contribution in [2.24, 2.45) is 11.7 Å². The van der Waals surface area contributed by atoms with Gasteiger partial charge in [-0.15, -0.1) is 0 Å². The second-order valence-electron chi connectivity index (χ2n) is 6.59. The zero-order chi connectivity index (χ0) is 16.2. The van der Waals surface area contributed by atoms with E-state index in [0.29, 0.717) is 12.5 Å². The van der Waals surface area contributed by atoms with Gasteiger partial charge in [0.05, 0.1) is 0 Å². The van der Waals surface area contributed by atoms with Gasteiger partial charge >= 0.3 is 0 Å². The summed E-state index contributed by atoms with van der Waals surface area (Å²) in [6, 6.07) is 8.40. The van der Waals surface area contributed by atoms with Crippen LogP contribution in [0.2, 0.25) is 0 Å². The third-order valence-electron chi connectivity index (χ3n) is 4.01. The molecule has 1 aliphatic rings. The highest BCUT2D eigenvalue weighted by Gasteiger charge is 2.23. The molecule has 5 heteroatoms. The normalized spacial score (nSPS) is 15.3. The smallest absolute Gasteiger partial charge is 0.224 e. The predicted octanol–water partition coefficient (Wildman–Crippen LogP) is 3.38. The maximum absolute atomic E-state index is 6.12.